The number of benzene rings is 1. The zero-order chi connectivity index (χ0) is 24.6. The van der Waals surface area contributed by atoms with E-state index < -0.39 is 0 Å². The molecule has 2 saturated heterocycles. The van der Waals surface area contributed by atoms with E-state index in [4.69, 9.17) is 4.74 Å². The van der Waals surface area contributed by atoms with E-state index in [0.717, 1.165) is 23.4 Å². The van der Waals surface area contributed by atoms with Crippen molar-refractivity contribution in [2.75, 3.05) is 32.8 Å². The number of carbonyl (C=O) groups excluding carboxylic acids is 3. The summed E-state index contributed by atoms with van der Waals surface area (Å²) in [7, 11) is 0. The number of nitrogens with zero attached hydrogens (tertiary/aromatic N) is 3. The fourth-order valence-electron chi connectivity index (χ4n) is 4.32. The molecule has 3 heterocycles. The van der Waals surface area contributed by atoms with Crippen molar-refractivity contribution < 1.29 is 19.1 Å². The highest BCUT2D eigenvalue weighted by Gasteiger charge is 2.28. The van der Waals surface area contributed by atoms with Crippen LogP contribution in [-0.4, -0.2) is 71.5 Å². The molecular formula is C26H30N4O4S. The predicted octanol–water partition coefficient (Wildman–Crippen LogP) is 3.25. The maximum Gasteiger partial charge on any atom is 0.409 e. The van der Waals surface area contributed by atoms with Gasteiger partial charge < -0.3 is 19.9 Å². The number of rotatable bonds is 4. The van der Waals surface area contributed by atoms with Gasteiger partial charge in [-0.3, -0.25) is 9.59 Å². The van der Waals surface area contributed by atoms with Crippen LogP contribution in [0.5, 0.6) is 0 Å². The van der Waals surface area contributed by atoms with E-state index in [1.807, 2.05) is 30.3 Å². The lowest BCUT2D eigenvalue weighted by molar-refractivity contribution is -0.126. The first-order chi connectivity index (χ1) is 17.0. The summed E-state index contributed by atoms with van der Waals surface area (Å²) < 4.78 is 5.04. The van der Waals surface area contributed by atoms with Crippen molar-refractivity contribution in [3.63, 3.8) is 0 Å². The third-order valence-electron chi connectivity index (χ3n) is 6.33. The highest BCUT2D eigenvalue weighted by Crippen LogP contribution is 2.30. The van der Waals surface area contributed by atoms with Gasteiger partial charge in [0.05, 0.1) is 11.6 Å². The van der Waals surface area contributed by atoms with E-state index in [9.17, 15) is 14.4 Å². The molecule has 1 aromatic heterocycles. The van der Waals surface area contributed by atoms with Gasteiger partial charge in [-0.05, 0) is 44.7 Å². The van der Waals surface area contributed by atoms with Crippen LogP contribution in [-0.2, 0) is 9.53 Å². The Balaban J connectivity index is 1.23. The molecule has 35 heavy (non-hydrogen) atoms. The molecule has 2 aliphatic rings. The number of nitrogens with one attached hydrogen (secondary N) is 1. The molecule has 0 atom stereocenters. The summed E-state index contributed by atoms with van der Waals surface area (Å²) in [6, 6.07) is 9.51. The van der Waals surface area contributed by atoms with Crippen molar-refractivity contribution in [1.82, 2.24) is 20.1 Å². The molecule has 8 nitrogen and oxygen atoms in total. The maximum atomic E-state index is 12.7. The van der Waals surface area contributed by atoms with Crippen LogP contribution in [0.4, 0.5) is 4.79 Å². The summed E-state index contributed by atoms with van der Waals surface area (Å²) in [5.41, 5.74) is 1.26. The number of carbonyl (C=O) groups is 3. The molecule has 184 valence electrons. The Bertz CT molecular complexity index is 1090. The second kappa shape index (κ2) is 11.8. The quantitative estimate of drug-likeness (QED) is 0.659. The largest absolute Gasteiger partial charge is 0.450 e. The minimum Gasteiger partial charge on any atom is -0.450 e. The Morgan fingerprint density at radius 2 is 1.74 bits per heavy atom. The summed E-state index contributed by atoms with van der Waals surface area (Å²) >= 11 is 1.50. The SMILES string of the molecule is CCOC(=O)N1CCC(NC(=O)c2csc(C3CCN(C(=O)C#Cc4ccccc4)CC3)n2)CC1. The number of hydrogen-bond donors (Lipinski definition) is 1. The van der Waals surface area contributed by atoms with E-state index >= 15 is 0 Å². The first-order valence-corrected chi connectivity index (χ1v) is 13.0. The number of ether oxygens (including phenoxy) is 1. The van der Waals surface area contributed by atoms with Gasteiger partial charge >= 0.3 is 6.09 Å². The molecule has 2 aromatic rings. The molecule has 2 aliphatic heterocycles. The molecule has 1 N–H and O–H groups in total. The molecule has 9 heteroatoms. The van der Waals surface area contributed by atoms with Crippen LogP contribution >= 0.6 is 11.3 Å². The van der Waals surface area contributed by atoms with Crippen molar-refractivity contribution in [2.45, 2.75) is 44.6 Å². The number of likely N-dealkylation sites (tertiary alicyclic amines) is 2. The summed E-state index contributed by atoms with van der Waals surface area (Å²) in [5, 5.41) is 5.80. The van der Waals surface area contributed by atoms with Gasteiger partial charge in [-0.25, -0.2) is 9.78 Å². The smallest absolute Gasteiger partial charge is 0.409 e. The van der Waals surface area contributed by atoms with Crippen LogP contribution in [0.25, 0.3) is 0 Å². The molecule has 0 aliphatic carbocycles. The second-order valence-corrected chi connectivity index (χ2v) is 9.58. The van der Waals surface area contributed by atoms with Crippen LogP contribution < -0.4 is 5.32 Å². The van der Waals surface area contributed by atoms with E-state index in [-0.39, 0.29) is 29.9 Å². The molecule has 0 unspecified atom stereocenters. The molecule has 3 amide bonds. The van der Waals surface area contributed by atoms with Crippen LogP contribution in [0, 0.1) is 11.8 Å². The standard InChI is InChI=1S/C26H30N4O4S/c1-2-34-26(33)30-16-12-21(13-17-30)27-24(32)22-18-35-25(28-22)20-10-14-29(15-11-20)23(31)9-8-19-6-4-3-5-7-19/h3-7,18,20-21H,2,10-17H2,1H3,(H,27,32). The predicted molar refractivity (Wildman–Crippen MR) is 133 cm³/mol. The van der Waals surface area contributed by atoms with Gasteiger partial charge in [-0.15, -0.1) is 11.3 Å². The number of amides is 3. The molecule has 2 fully saturated rings. The fourth-order valence-corrected chi connectivity index (χ4v) is 5.29. The van der Waals surface area contributed by atoms with E-state index in [1.165, 1.54) is 11.3 Å². The van der Waals surface area contributed by atoms with Crippen molar-refractivity contribution in [2.24, 2.45) is 0 Å². The van der Waals surface area contributed by atoms with Gasteiger partial charge in [0.1, 0.15) is 5.69 Å². The zero-order valence-electron chi connectivity index (χ0n) is 19.9. The van der Waals surface area contributed by atoms with Gasteiger partial charge in [-0.1, -0.05) is 24.1 Å². The van der Waals surface area contributed by atoms with E-state index in [2.05, 4.69) is 22.1 Å². The number of hydrogen-bond acceptors (Lipinski definition) is 6. The lowest BCUT2D eigenvalue weighted by Crippen LogP contribution is -2.46. The highest BCUT2D eigenvalue weighted by molar-refractivity contribution is 7.09. The summed E-state index contributed by atoms with van der Waals surface area (Å²) in [5.74, 6) is 5.57. The summed E-state index contributed by atoms with van der Waals surface area (Å²) in [6.45, 7) is 4.55. The van der Waals surface area contributed by atoms with E-state index in [0.29, 0.717) is 51.3 Å². The number of thiazole rings is 1. The first kappa shape index (κ1) is 24.7. The zero-order valence-corrected chi connectivity index (χ0v) is 20.7. The van der Waals surface area contributed by atoms with Crippen molar-refractivity contribution in [3.8, 4) is 11.8 Å². The van der Waals surface area contributed by atoms with Crippen molar-refractivity contribution in [1.29, 1.82) is 0 Å². The monoisotopic (exact) mass is 494 g/mol. The Morgan fingerprint density at radius 1 is 1.06 bits per heavy atom. The minimum absolute atomic E-state index is 0.0181. The van der Waals surface area contributed by atoms with E-state index in [1.54, 1.807) is 22.1 Å². The Labute approximate surface area is 209 Å². The highest BCUT2D eigenvalue weighted by atomic mass is 32.1. The van der Waals surface area contributed by atoms with Gasteiger partial charge in [0, 0.05) is 55.0 Å². The molecular weight excluding hydrogens is 464 g/mol. The van der Waals surface area contributed by atoms with Crippen LogP contribution in [0.2, 0.25) is 0 Å². The second-order valence-electron chi connectivity index (χ2n) is 8.69. The summed E-state index contributed by atoms with van der Waals surface area (Å²) in [6.07, 6.45) is 2.71. The molecule has 4 rings (SSSR count). The molecule has 1 aromatic carbocycles. The van der Waals surface area contributed by atoms with Crippen LogP contribution in [0.15, 0.2) is 35.7 Å². The topological polar surface area (TPSA) is 91.8 Å². The molecule has 0 saturated carbocycles. The third kappa shape index (κ3) is 6.61. The lowest BCUT2D eigenvalue weighted by atomic mass is 9.97. The maximum absolute atomic E-state index is 12.7. The fraction of sp³-hybridized carbons (Fsp3) is 0.462. The van der Waals surface area contributed by atoms with Crippen LogP contribution in [0.3, 0.4) is 0 Å². The van der Waals surface area contributed by atoms with Crippen LogP contribution in [0.1, 0.15) is 59.6 Å². The van der Waals surface area contributed by atoms with Gasteiger partial charge in [0.2, 0.25) is 0 Å². The lowest BCUT2D eigenvalue weighted by Gasteiger charge is -2.31. The van der Waals surface area contributed by atoms with Crippen molar-refractivity contribution in [3.05, 3.63) is 52.0 Å². The number of aromatic nitrogens is 1. The average molecular weight is 495 g/mol. The third-order valence-corrected chi connectivity index (χ3v) is 7.34. The Kier molecular flexibility index (Phi) is 8.37. The minimum atomic E-state index is -0.294. The molecule has 0 bridgehead atoms. The summed E-state index contributed by atoms with van der Waals surface area (Å²) in [4.78, 5) is 45.1. The Hall–Kier alpha value is -3.38. The normalized spacial score (nSPS) is 16.8. The van der Waals surface area contributed by atoms with Gasteiger partial charge in [0.15, 0.2) is 0 Å². The van der Waals surface area contributed by atoms with Gasteiger partial charge in [0.25, 0.3) is 11.8 Å². The molecule has 0 radical (unpaired) electrons. The van der Waals surface area contributed by atoms with Crippen molar-refractivity contribution >= 4 is 29.2 Å². The Morgan fingerprint density at radius 3 is 2.43 bits per heavy atom. The van der Waals surface area contributed by atoms with Gasteiger partial charge in [-0.2, -0.15) is 0 Å². The number of piperidine rings is 2. The average Bonchev–Trinajstić information content (AvgIpc) is 3.39. The molecule has 0 spiro atoms. The first-order valence-electron chi connectivity index (χ1n) is 12.1.